The minimum atomic E-state index is -0.310. The van der Waals surface area contributed by atoms with Crippen LogP contribution < -0.4 is 0 Å². The lowest BCUT2D eigenvalue weighted by Crippen LogP contribution is -2.21. The van der Waals surface area contributed by atoms with Crippen molar-refractivity contribution in [3.63, 3.8) is 0 Å². The first-order valence-electron chi connectivity index (χ1n) is 8.41. The van der Waals surface area contributed by atoms with Crippen LogP contribution >= 0.6 is 0 Å². The number of rotatable bonds is 3. The summed E-state index contributed by atoms with van der Waals surface area (Å²) in [4.78, 5) is 0. The van der Waals surface area contributed by atoms with Crippen LogP contribution in [0.4, 0.5) is 4.39 Å². The molecule has 0 atom stereocenters. The molecule has 0 aliphatic heterocycles. The zero-order valence-corrected chi connectivity index (χ0v) is 13.8. The van der Waals surface area contributed by atoms with Gasteiger partial charge in [-0.05, 0) is 29.8 Å². The second-order valence-electron chi connectivity index (χ2n) is 6.22. The number of nitrogens with zero attached hydrogens (tertiary/aromatic N) is 4. The van der Waals surface area contributed by atoms with Crippen LogP contribution in [0, 0.1) is 5.82 Å². The Kier molecular flexibility index (Phi) is 3.31. The molecule has 5 heteroatoms. The predicted molar refractivity (Wildman–Crippen MR) is 99.4 cm³/mol. The second kappa shape index (κ2) is 5.81. The predicted octanol–water partition coefficient (Wildman–Crippen LogP) is 4.62. The average molecular weight is 342 g/mol. The standard InChI is InChI=1S/C21H15FN4/c22-18-11-9-15(10-12-18)21(25-19-7-3-1-5-16(19)13-23-25)26-20-8-4-2-6-17(20)14-24-26/h1-14,21H. The molecule has 2 aromatic heterocycles. The summed E-state index contributed by atoms with van der Waals surface area (Å²) < 4.78 is 17.4. The third kappa shape index (κ3) is 2.29. The lowest BCUT2D eigenvalue weighted by Gasteiger charge is -2.21. The maximum absolute atomic E-state index is 13.5. The van der Waals surface area contributed by atoms with E-state index in [0.29, 0.717) is 0 Å². The summed E-state index contributed by atoms with van der Waals surface area (Å²) in [5.41, 5.74) is 2.91. The van der Waals surface area contributed by atoms with E-state index in [0.717, 1.165) is 27.4 Å². The largest absolute Gasteiger partial charge is 0.236 e. The van der Waals surface area contributed by atoms with Crippen molar-refractivity contribution in [2.24, 2.45) is 0 Å². The van der Waals surface area contributed by atoms with E-state index in [1.165, 1.54) is 12.1 Å². The van der Waals surface area contributed by atoms with Gasteiger partial charge in [-0.3, -0.25) is 0 Å². The minimum Gasteiger partial charge on any atom is -0.236 e. The molecule has 0 unspecified atom stereocenters. The molecule has 4 nitrogen and oxygen atoms in total. The fraction of sp³-hybridized carbons (Fsp3) is 0.0476. The van der Waals surface area contributed by atoms with Crippen LogP contribution in [0.25, 0.3) is 21.8 Å². The van der Waals surface area contributed by atoms with E-state index in [1.54, 1.807) is 12.1 Å². The second-order valence-corrected chi connectivity index (χ2v) is 6.22. The van der Waals surface area contributed by atoms with Gasteiger partial charge in [0.2, 0.25) is 0 Å². The topological polar surface area (TPSA) is 35.6 Å². The van der Waals surface area contributed by atoms with E-state index in [2.05, 4.69) is 10.2 Å². The highest BCUT2D eigenvalue weighted by molar-refractivity contribution is 5.80. The molecule has 0 radical (unpaired) electrons. The number of para-hydroxylation sites is 2. The summed E-state index contributed by atoms with van der Waals surface area (Å²) in [7, 11) is 0. The lowest BCUT2D eigenvalue weighted by molar-refractivity contribution is 0.441. The Morgan fingerprint density at radius 2 is 1.15 bits per heavy atom. The molecule has 0 bridgehead atoms. The Morgan fingerprint density at radius 3 is 1.69 bits per heavy atom. The third-order valence-corrected chi connectivity index (χ3v) is 4.64. The molecule has 5 rings (SSSR count). The molecule has 5 aromatic rings. The maximum Gasteiger partial charge on any atom is 0.170 e. The van der Waals surface area contributed by atoms with Crippen molar-refractivity contribution in [3.05, 3.63) is 96.6 Å². The number of hydrogen-bond acceptors (Lipinski definition) is 2. The highest BCUT2D eigenvalue weighted by Crippen LogP contribution is 2.28. The zero-order valence-electron chi connectivity index (χ0n) is 13.8. The molecule has 3 aromatic carbocycles. The van der Waals surface area contributed by atoms with Gasteiger partial charge in [0.25, 0.3) is 0 Å². The van der Waals surface area contributed by atoms with E-state index in [9.17, 15) is 4.39 Å². The Labute approximate surface area is 149 Å². The normalized spacial score (nSPS) is 11.6. The smallest absolute Gasteiger partial charge is 0.170 e. The van der Waals surface area contributed by atoms with E-state index in [-0.39, 0.29) is 12.0 Å². The van der Waals surface area contributed by atoms with Gasteiger partial charge in [0, 0.05) is 10.8 Å². The lowest BCUT2D eigenvalue weighted by atomic mass is 10.1. The summed E-state index contributed by atoms with van der Waals surface area (Å²) in [5, 5.41) is 11.3. The molecule has 0 aliphatic carbocycles. The van der Waals surface area contributed by atoms with E-state index in [1.807, 2.05) is 70.3 Å². The molecule has 0 saturated carbocycles. The molecule has 0 saturated heterocycles. The molecule has 0 spiro atoms. The SMILES string of the molecule is Fc1ccc(C(n2ncc3ccccc32)n2ncc3ccccc32)cc1. The van der Waals surface area contributed by atoms with Crippen LogP contribution in [-0.2, 0) is 0 Å². The van der Waals surface area contributed by atoms with Gasteiger partial charge in [0.1, 0.15) is 5.82 Å². The van der Waals surface area contributed by atoms with Gasteiger partial charge >= 0.3 is 0 Å². The van der Waals surface area contributed by atoms with Crippen LogP contribution in [-0.4, -0.2) is 19.6 Å². The van der Waals surface area contributed by atoms with E-state index < -0.39 is 0 Å². The zero-order chi connectivity index (χ0) is 17.5. The number of fused-ring (bicyclic) bond motifs is 2. The monoisotopic (exact) mass is 342 g/mol. The van der Waals surface area contributed by atoms with E-state index in [4.69, 9.17) is 0 Å². The molecule has 2 heterocycles. The summed E-state index contributed by atoms with van der Waals surface area (Å²) in [5.74, 6) is -0.261. The Balaban J connectivity index is 1.79. The molecule has 126 valence electrons. The van der Waals surface area contributed by atoms with Crippen LogP contribution in [0.2, 0.25) is 0 Å². The molecular formula is C21H15FN4. The maximum atomic E-state index is 13.5. The number of benzene rings is 3. The van der Waals surface area contributed by atoms with Gasteiger partial charge < -0.3 is 0 Å². The first-order chi connectivity index (χ1) is 12.8. The summed E-state index contributed by atoms with van der Waals surface area (Å²) in [6, 6.07) is 22.6. The molecule has 0 fully saturated rings. The van der Waals surface area contributed by atoms with Crippen molar-refractivity contribution < 1.29 is 4.39 Å². The average Bonchev–Trinajstić information content (AvgIpc) is 3.29. The van der Waals surface area contributed by atoms with Gasteiger partial charge in [-0.1, -0.05) is 48.5 Å². The van der Waals surface area contributed by atoms with Crippen LogP contribution in [0.15, 0.2) is 85.2 Å². The van der Waals surface area contributed by atoms with Gasteiger partial charge in [-0.25, -0.2) is 13.8 Å². The van der Waals surface area contributed by atoms with E-state index >= 15 is 0 Å². The summed E-state index contributed by atoms with van der Waals surface area (Å²) in [6.45, 7) is 0. The van der Waals surface area contributed by atoms with Crippen molar-refractivity contribution >= 4 is 21.8 Å². The van der Waals surface area contributed by atoms with Crippen LogP contribution in [0.1, 0.15) is 11.7 Å². The number of halogens is 1. The molecule has 0 amide bonds. The van der Waals surface area contributed by atoms with Gasteiger partial charge in [-0.2, -0.15) is 10.2 Å². The molecule has 0 aliphatic rings. The first-order valence-corrected chi connectivity index (χ1v) is 8.41. The number of aromatic nitrogens is 4. The molecular weight excluding hydrogens is 327 g/mol. The Bertz CT molecular complexity index is 1130. The summed E-state index contributed by atoms with van der Waals surface area (Å²) in [6.07, 6.45) is 3.38. The van der Waals surface area contributed by atoms with Crippen molar-refractivity contribution in [3.8, 4) is 0 Å². The number of hydrogen-bond donors (Lipinski definition) is 0. The summed E-state index contributed by atoms with van der Waals surface area (Å²) >= 11 is 0. The van der Waals surface area contributed by atoms with Crippen molar-refractivity contribution in [1.82, 2.24) is 19.6 Å². The fourth-order valence-electron chi connectivity index (χ4n) is 3.39. The van der Waals surface area contributed by atoms with Gasteiger partial charge in [0.15, 0.2) is 6.17 Å². The third-order valence-electron chi connectivity index (χ3n) is 4.64. The van der Waals surface area contributed by atoms with Crippen LogP contribution in [0.5, 0.6) is 0 Å². The fourth-order valence-corrected chi connectivity index (χ4v) is 3.39. The first kappa shape index (κ1) is 14.8. The Morgan fingerprint density at radius 1 is 0.654 bits per heavy atom. The van der Waals surface area contributed by atoms with Crippen LogP contribution in [0.3, 0.4) is 0 Å². The van der Waals surface area contributed by atoms with Gasteiger partial charge in [0.05, 0.1) is 23.4 Å². The minimum absolute atomic E-state index is 0.261. The molecule has 0 N–H and O–H groups in total. The van der Waals surface area contributed by atoms with Crippen molar-refractivity contribution in [1.29, 1.82) is 0 Å². The quantitative estimate of drug-likeness (QED) is 0.480. The highest BCUT2D eigenvalue weighted by Gasteiger charge is 2.21. The highest BCUT2D eigenvalue weighted by atomic mass is 19.1. The molecule has 26 heavy (non-hydrogen) atoms. The van der Waals surface area contributed by atoms with Crippen molar-refractivity contribution in [2.45, 2.75) is 6.17 Å². The van der Waals surface area contributed by atoms with Gasteiger partial charge in [-0.15, -0.1) is 0 Å². The van der Waals surface area contributed by atoms with Crippen molar-refractivity contribution in [2.75, 3.05) is 0 Å². The Hall–Kier alpha value is -3.47.